The Kier molecular flexibility index (Phi) is 6.32. The van der Waals surface area contributed by atoms with Crippen LogP contribution in [0.25, 0.3) is 0 Å². The van der Waals surface area contributed by atoms with Gasteiger partial charge in [-0.1, -0.05) is 20.3 Å². The van der Waals surface area contributed by atoms with E-state index in [1.165, 1.54) is 31.7 Å². The molecular weight excluding hydrogens is 228 g/mol. The Morgan fingerprint density at radius 2 is 2.12 bits per heavy atom. The van der Waals surface area contributed by atoms with Gasteiger partial charge in [-0.3, -0.25) is 4.90 Å². The summed E-state index contributed by atoms with van der Waals surface area (Å²) in [5, 5.41) is 4.47. The zero-order valence-corrected chi connectivity index (χ0v) is 13.1. The molecule has 0 aliphatic carbocycles. The van der Waals surface area contributed by atoms with Crippen molar-refractivity contribution in [2.75, 3.05) is 25.4 Å². The van der Waals surface area contributed by atoms with E-state index in [1.807, 2.05) is 0 Å². The zero-order chi connectivity index (χ0) is 12.9. The largest absolute Gasteiger partial charge is 0.311 e. The number of hydrogen-bond acceptors (Lipinski definition) is 3. The molecule has 1 aliphatic heterocycles. The molecule has 0 amide bonds. The lowest BCUT2D eigenvalue weighted by atomic mass is 10.1. The molecule has 2 nitrogen and oxygen atoms in total. The molecule has 3 heteroatoms. The molecule has 0 aromatic heterocycles. The molecule has 2 unspecified atom stereocenters. The van der Waals surface area contributed by atoms with E-state index in [1.54, 1.807) is 0 Å². The van der Waals surface area contributed by atoms with E-state index in [9.17, 15) is 0 Å². The Labute approximate surface area is 112 Å². The number of nitrogens with one attached hydrogen (secondary N) is 1. The van der Waals surface area contributed by atoms with Crippen molar-refractivity contribution in [2.24, 2.45) is 0 Å². The molecular formula is C14H30N2S. The SMILES string of the molecule is CCCC(CNC(C)(C)C)N1CCSC(C)C1. The number of rotatable bonds is 5. The van der Waals surface area contributed by atoms with E-state index in [2.05, 4.69) is 56.6 Å². The third kappa shape index (κ3) is 6.12. The Morgan fingerprint density at radius 1 is 1.41 bits per heavy atom. The smallest absolute Gasteiger partial charge is 0.0221 e. The van der Waals surface area contributed by atoms with E-state index in [-0.39, 0.29) is 5.54 Å². The number of hydrogen-bond donors (Lipinski definition) is 1. The van der Waals surface area contributed by atoms with Crippen LogP contribution in [0.2, 0.25) is 0 Å². The van der Waals surface area contributed by atoms with Gasteiger partial charge in [0.05, 0.1) is 0 Å². The maximum absolute atomic E-state index is 3.67. The molecule has 2 atom stereocenters. The lowest BCUT2D eigenvalue weighted by Gasteiger charge is -2.38. The van der Waals surface area contributed by atoms with Gasteiger partial charge in [0, 0.05) is 42.2 Å². The molecule has 0 saturated carbocycles. The molecule has 0 aromatic carbocycles. The van der Waals surface area contributed by atoms with Gasteiger partial charge in [0.25, 0.3) is 0 Å². The molecule has 1 saturated heterocycles. The number of nitrogens with zero attached hydrogens (tertiary/aromatic N) is 1. The van der Waals surface area contributed by atoms with Crippen LogP contribution in [0.5, 0.6) is 0 Å². The van der Waals surface area contributed by atoms with Crippen LogP contribution in [0.15, 0.2) is 0 Å². The third-order valence-corrected chi connectivity index (χ3v) is 4.42. The fourth-order valence-corrected chi connectivity index (χ4v) is 3.39. The van der Waals surface area contributed by atoms with Gasteiger partial charge in [0.2, 0.25) is 0 Å². The predicted octanol–water partition coefficient (Wildman–Crippen LogP) is 2.98. The summed E-state index contributed by atoms with van der Waals surface area (Å²) >= 11 is 2.12. The highest BCUT2D eigenvalue weighted by molar-refractivity contribution is 7.99. The Morgan fingerprint density at radius 3 is 2.65 bits per heavy atom. The second-order valence-corrected chi connectivity index (χ2v) is 7.80. The van der Waals surface area contributed by atoms with Crippen LogP contribution >= 0.6 is 11.8 Å². The van der Waals surface area contributed by atoms with E-state index in [4.69, 9.17) is 0 Å². The minimum absolute atomic E-state index is 0.238. The summed E-state index contributed by atoms with van der Waals surface area (Å²) in [4.78, 5) is 2.70. The van der Waals surface area contributed by atoms with Gasteiger partial charge < -0.3 is 5.32 Å². The minimum Gasteiger partial charge on any atom is -0.311 e. The normalized spacial score (nSPS) is 24.9. The molecule has 0 radical (unpaired) electrons. The fraction of sp³-hybridized carbons (Fsp3) is 1.00. The average molecular weight is 258 g/mol. The lowest BCUT2D eigenvalue weighted by Crippen LogP contribution is -2.51. The topological polar surface area (TPSA) is 15.3 Å². The van der Waals surface area contributed by atoms with Crippen LogP contribution in [0.3, 0.4) is 0 Å². The van der Waals surface area contributed by atoms with Crippen LogP contribution < -0.4 is 5.32 Å². The quantitative estimate of drug-likeness (QED) is 0.816. The summed E-state index contributed by atoms with van der Waals surface area (Å²) in [5.41, 5.74) is 0.238. The Hall–Kier alpha value is 0.270. The van der Waals surface area contributed by atoms with E-state index in [0.29, 0.717) is 0 Å². The predicted molar refractivity (Wildman–Crippen MR) is 79.9 cm³/mol. The summed E-state index contributed by atoms with van der Waals surface area (Å²) < 4.78 is 0. The van der Waals surface area contributed by atoms with Crippen molar-refractivity contribution in [3.8, 4) is 0 Å². The standard InChI is InChI=1S/C14H30N2S/c1-6-7-13(10-15-14(3,4)5)16-8-9-17-12(2)11-16/h12-13,15H,6-11H2,1-5H3. The average Bonchev–Trinajstić information content (AvgIpc) is 2.23. The second-order valence-electron chi connectivity index (χ2n) is 6.25. The summed E-state index contributed by atoms with van der Waals surface area (Å²) in [6, 6.07) is 0.725. The van der Waals surface area contributed by atoms with Crippen molar-refractivity contribution in [2.45, 2.75) is 64.3 Å². The molecule has 1 rings (SSSR count). The van der Waals surface area contributed by atoms with Gasteiger partial charge in [-0.2, -0.15) is 11.8 Å². The highest BCUT2D eigenvalue weighted by atomic mass is 32.2. The van der Waals surface area contributed by atoms with E-state index in [0.717, 1.165) is 17.8 Å². The van der Waals surface area contributed by atoms with Crippen LogP contribution in [-0.4, -0.2) is 47.1 Å². The molecule has 0 aromatic rings. The summed E-state index contributed by atoms with van der Waals surface area (Å²) in [7, 11) is 0. The zero-order valence-electron chi connectivity index (χ0n) is 12.3. The summed E-state index contributed by atoms with van der Waals surface area (Å²) in [6.07, 6.45) is 2.61. The number of thioether (sulfide) groups is 1. The first-order valence-corrected chi connectivity index (χ1v) is 8.08. The van der Waals surface area contributed by atoms with E-state index < -0.39 is 0 Å². The summed E-state index contributed by atoms with van der Waals surface area (Å²) in [6.45, 7) is 15.1. The summed E-state index contributed by atoms with van der Waals surface area (Å²) in [5.74, 6) is 1.30. The molecule has 1 aliphatic rings. The second kappa shape index (κ2) is 7.01. The Bertz CT molecular complexity index is 213. The third-order valence-electron chi connectivity index (χ3n) is 3.28. The van der Waals surface area contributed by atoms with Gasteiger partial charge in [0.15, 0.2) is 0 Å². The van der Waals surface area contributed by atoms with Gasteiger partial charge in [-0.25, -0.2) is 0 Å². The molecule has 1 N–H and O–H groups in total. The monoisotopic (exact) mass is 258 g/mol. The van der Waals surface area contributed by atoms with Crippen LogP contribution in [0.4, 0.5) is 0 Å². The van der Waals surface area contributed by atoms with Crippen LogP contribution in [0.1, 0.15) is 47.5 Å². The van der Waals surface area contributed by atoms with Crippen molar-refractivity contribution < 1.29 is 0 Å². The van der Waals surface area contributed by atoms with Gasteiger partial charge in [0.1, 0.15) is 0 Å². The maximum atomic E-state index is 3.67. The van der Waals surface area contributed by atoms with Crippen molar-refractivity contribution >= 4 is 11.8 Å². The molecule has 1 heterocycles. The first-order valence-electron chi connectivity index (χ1n) is 7.03. The highest BCUT2D eigenvalue weighted by Crippen LogP contribution is 2.21. The Balaban J connectivity index is 2.46. The molecule has 0 bridgehead atoms. The van der Waals surface area contributed by atoms with Gasteiger partial charge >= 0.3 is 0 Å². The molecule has 102 valence electrons. The first-order chi connectivity index (χ1) is 7.92. The van der Waals surface area contributed by atoms with Crippen molar-refractivity contribution in [1.29, 1.82) is 0 Å². The van der Waals surface area contributed by atoms with Crippen molar-refractivity contribution in [1.82, 2.24) is 10.2 Å². The van der Waals surface area contributed by atoms with E-state index >= 15 is 0 Å². The fourth-order valence-electron chi connectivity index (χ4n) is 2.35. The van der Waals surface area contributed by atoms with Crippen molar-refractivity contribution in [3.05, 3.63) is 0 Å². The molecule has 0 spiro atoms. The first kappa shape index (κ1) is 15.3. The highest BCUT2D eigenvalue weighted by Gasteiger charge is 2.24. The van der Waals surface area contributed by atoms with Crippen LogP contribution in [-0.2, 0) is 0 Å². The molecule has 1 fully saturated rings. The maximum Gasteiger partial charge on any atom is 0.0221 e. The molecule has 17 heavy (non-hydrogen) atoms. The van der Waals surface area contributed by atoms with Gasteiger partial charge in [-0.15, -0.1) is 0 Å². The van der Waals surface area contributed by atoms with Crippen LogP contribution in [0, 0.1) is 0 Å². The van der Waals surface area contributed by atoms with Crippen molar-refractivity contribution in [3.63, 3.8) is 0 Å². The minimum atomic E-state index is 0.238. The van der Waals surface area contributed by atoms with Gasteiger partial charge in [-0.05, 0) is 27.2 Å². The lowest BCUT2D eigenvalue weighted by molar-refractivity contribution is 0.179.